The highest BCUT2D eigenvalue weighted by Gasteiger charge is 2.12. The molecule has 7 nitrogen and oxygen atoms in total. The molecule has 31 heavy (non-hydrogen) atoms. The first kappa shape index (κ1) is 24.4. The van der Waals surface area contributed by atoms with Crippen molar-refractivity contribution in [2.24, 2.45) is 0 Å². The average Bonchev–Trinajstić information content (AvgIpc) is 2.78. The predicted molar refractivity (Wildman–Crippen MR) is 124 cm³/mol. The lowest BCUT2D eigenvalue weighted by atomic mass is 10.2. The maximum Gasteiger partial charge on any atom is 0.269 e. The van der Waals surface area contributed by atoms with Crippen molar-refractivity contribution in [2.45, 2.75) is 46.0 Å². The zero-order valence-corrected chi connectivity index (χ0v) is 19.4. The van der Waals surface area contributed by atoms with E-state index < -0.39 is 11.8 Å². The molecule has 0 aromatic heterocycles. The van der Waals surface area contributed by atoms with E-state index >= 15 is 0 Å². The van der Waals surface area contributed by atoms with Crippen LogP contribution in [0, 0.1) is 0 Å². The lowest BCUT2D eigenvalue weighted by Gasteiger charge is -2.11. The Balaban J connectivity index is 1.85. The molecule has 2 rings (SSSR count). The fraction of sp³-hybridized carbons (Fsp3) is 0.348. The molecule has 0 aliphatic carbocycles. The van der Waals surface area contributed by atoms with Gasteiger partial charge in [0, 0.05) is 23.2 Å². The summed E-state index contributed by atoms with van der Waals surface area (Å²) in [5, 5.41) is 2.71. The summed E-state index contributed by atoms with van der Waals surface area (Å²) < 4.78 is 6.41. The van der Waals surface area contributed by atoms with Gasteiger partial charge in [0.2, 0.25) is 5.91 Å². The molecular formula is C23H28BrN3O4. The second-order valence-electron chi connectivity index (χ2n) is 6.94. The third kappa shape index (κ3) is 8.05. The van der Waals surface area contributed by atoms with Crippen LogP contribution in [0.4, 0.5) is 5.69 Å². The van der Waals surface area contributed by atoms with Crippen LogP contribution in [-0.4, -0.2) is 24.3 Å². The first-order valence-electron chi connectivity index (χ1n) is 10.4. The maximum absolute atomic E-state index is 12.3. The smallest absolute Gasteiger partial charge is 0.269 e. The Bertz CT molecular complexity index is 900. The van der Waals surface area contributed by atoms with Gasteiger partial charge in [-0.25, -0.2) is 0 Å². The van der Waals surface area contributed by atoms with Crippen molar-refractivity contribution >= 4 is 39.3 Å². The van der Waals surface area contributed by atoms with E-state index in [2.05, 4.69) is 39.0 Å². The number of rotatable bonds is 10. The largest absolute Gasteiger partial charge is 0.492 e. The zero-order chi connectivity index (χ0) is 22.6. The number of hydrogen-bond donors (Lipinski definition) is 3. The van der Waals surface area contributed by atoms with Crippen LogP contribution >= 0.6 is 15.9 Å². The summed E-state index contributed by atoms with van der Waals surface area (Å²) in [6.07, 6.45) is 4.85. The Morgan fingerprint density at radius 1 is 0.871 bits per heavy atom. The molecular weight excluding hydrogens is 462 g/mol. The van der Waals surface area contributed by atoms with Crippen molar-refractivity contribution in [3.8, 4) is 5.75 Å². The summed E-state index contributed by atoms with van der Waals surface area (Å²) in [7, 11) is 0. The Morgan fingerprint density at radius 2 is 1.52 bits per heavy atom. The number of ether oxygens (including phenoxy) is 1. The molecule has 0 bridgehead atoms. The molecule has 0 fully saturated rings. The molecule has 2 aromatic rings. The number of carbonyl (C=O) groups excluding carboxylic acids is 3. The molecule has 0 unspecified atom stereocenters. The topological polar surface area (TPSA) is 96.5 Å². The minimum absolute atomic E-state index is 0.108. The fourth-order valence-corrected chi connectivity index (χ4v) is 3.18. The van der Waals surface area contributed by atoms with Crippen LogP contribution in [0.2, 0.25) is 0 Å². The van der Waals surface area contributed by atoms with Crippen LogP contribution in [0.1, 0.15) is 66.7 Å². The summed E-state index contributed by atoms with van der Waals surface area (Å²) in [5.41, 5.74) is 6.11. The van der Waals surface area contributed by atoms with Crippen LogP contribution in [0.5, 0.6) is 5.75 Å². The van der Waals surface area contributed by atoms with E-state index in [0.29, 0.717) is 40.1 Å². The lowest BCUT2D eigenvalue weighted by Crippen LogP contribution is -2.41. The molecule has 0 radical (unpaired) electrons. The standard InChI is InChI=1S/C23H28BrN3O4/c1-3-5-6-7-14-31-20-13-10-17(15-19(20)24)23(30)27-26-22(29)16-8-11-18(12-9-16)25-21(28)4-2/h8-13,15H,3-7,14H2,1-2H3,(H,25,28)(H,26,29)(H,27,30). The van der Waals surface area contributed by atoms with Gasteiger partial charge in [0.25, 0.3) is 11.8 Å². The van der Waals surface area contributed by atoms with Gasteiger partial charge in [0.1, 0.15) is 5.75 Å². The Labute approximate surface area is 191 Å². The van der Waals surface area contributed by atoms with Crippen LogP contribution in [0.25, 0.3) is 0 Å². The number of anilines is 1. The number of nitrogens with one attached hydrogen (secondary N) is 3. The van der Waals surface area contributed by atoms with E-state index in [1.54, 1.807) is 49.4 Å². The molecule has 3 N–H and O–H groups in total. The molecule has 166 valence electrons. The van der Waals surface area contributed by atoms with Crippen molar-refractivity contribution in [3.63, 3.8) is 0 Å². The fourth-order valence-electron chi connectivity index (χ4n) is 2.68. The molecule has 3 amide bonds. The molecule has 8 heteroatoms. The second kappa shape index (κ2) is 12.7. The third-order valence-electron chi connectivity index (χ3n) is 4.49. The van der Waals surface area contributed by atoms with Crippen molar-refractivity contribution < 1.29 is 19.1 Å². The van der Waals surface area contributed by atoms with E-state index in [9.17, 15) is 14.4 Å². The van der Waals surface area contributed by atoms with Crippen molar-refractivity contribution in [3.05, 3.63) is 58.1 Å². The van der Waals surface area contributed by atoms with Crippen molar-refractivity contribution in [1.82, 2.24) is 10.9 Å². The lowest BCUT2D eigenvalue weighted by molar-refractivity contribution is -0.115. The van der Waals surface area contributed by atoms with Gasteiger partial charge < -0.3 is 10.1 Å². The number of halogens is 1. The van der Waals surface area contributed by atoms with Crippen LogP contribution < -0.4 is 20.9 Å². The first-order valence-corrected chi connectivity index (χ1v) is 11.2. The van der Waals surface area contributed by atoms with Gasteiger partial charge in [-0.1, -0.05) is 33.1 Å². The summed E-state index contributed by atoms with van der Waals surface area (Å²) in [6.45, 7) is 4.54. The predicted octanol–water partition coefficient (Wildman–Crippen LogP) is 4.83. The van der Waals surface area contributed by atoms with Crippen LogP contribution in [0.3, 0.4) is 0 Å². The van der Waals surface area contributed by atoms with Gasteiger partial charge in [0.05, 0.1) is 11.1 Å². The summed E-state index contributed by atoms with van der Waals surface area (Å²) in [4.78, 5) is 36.0. The molecule has 0 saturated heterocycles. The van der Waals surface area contributed by atoms with E-state index in [0.717, 1.165) is 12.8 Å². The Kier molecular flexibility index (Phi) is 10.0. The monoisotopic (exact) mass is 489 g/mol. The molecule has 0 aliphatic heterocycles. The van der Waals surface area contributed by atoms with Gasteiger partial charge in [0.15, 0.2) is 0 Å². The van der Waals surface area contributed by atoms with E-state index in [1.165, 1.54) is 12.8 Å². The first-order chi connectivity index (χ1) is 14.9. The zero-order valence-electron chi connectivity index (χ0n) is 17.8. The van der Waals surface area contributed by atoms with E-state index in [1.807, 2.05) is 0 Å². The highest BCUT2D eigenvalue weighted by atomic mass is 79.9. The SMILES string of the molecule is CCCCCCOc1ccc(C(=O)NNC(=O)c2ccc(NC(=O)CC)cc2)cc1Br. The Hall–Kier alpha value is -2.87. The number of benzene rings is 2. The number of unbranched alkanes of at least 4 members (excludes halogenated alkanes) is 3. The van der Waals surface area contributed by atoms with Gasteiger partial charge in [-0.3, -0.25) is 25.2 Å². The third-order valence-corrected chi connectivity index (χ3v) is 5.11. The van der Waals surface area contributed by atoms with Crippen molar-refractivity contribution in [2.75, 3.05) is 11.9 Å². The normalized spacial score (nSPS) is 10.3. The van der Waals surface area contributed by atoms with Gasteiger partial charge in [-0.15, -0.1) is 0 Å². The minimum atomic E-state index is -0.465. The molecule has 0 atom stereocenters. The second-order valence-corrected chi connectivity index (χ2v) is 7.80. The highest BCUT2D eigenvalue weighted by Crippen LogP contribution is 2.26. The summed E-state index contributed by atoms with van der Waals surface area (Å²) >= 11 is 3.42. The quantitative estimate of drug-likeness (QED) is 0.328. The van der Waals surface area contributed by atoms with Crippen molar-refractivity contribution in [1.29, 1.82) is 0 Å². The Morgan fingerprint density at radius 3 is 2.13 bits per heavy atom. The van der Waals surface area contributed by atoms with Gasteiger partial charge in [-0.2, -0.15) is 0 Å². The van der Waals surface area contributed by atoms with Gasteiger partial charge >= 0.3 is 0 Å². The van der Waals surface area contributed by atoms with E-state index in [-0.39, 0.29) is 5.91 Å². The molecule has 0 saturated carbocycles. The van der Waals surface area contributed by atoms with E-state index in [4.69, 9.17) is 4.74 Å². The number of hydrazine groups is 1. The number of carbonyl (C=O) groups is 3. The number of amides is 3. The van der Waals surface area contributed by atoms with Crippen LogP contribution in [0.15, 0.2) is 46.9 Å². The minimum Gasteiger partial charge on any atom is -0.492 e. The molecule has 0 spiro atoms. The van der Waals surface area contributed by atoms with Crippen LogP contribution in [-0.2, 0) is 4.79 Å². The maximum atomic E-state index is 12.3. The highest BCUT2D eigenvalue weighted by molar-refractivity contribution is 9.10. The van der Waals surface area contributed by atoms with Gasteiger partial charge in [-0.05, 0) is 64.8 Å². The molecule has 2 aromatic carbocycles. The summed E-state index contributed by atoms with van der Waals surface area (Å²) in [6, 6.07) is 11.4. The molecule has 0 heterocycles. The average molecular weight is 490 g/mol. The number of hydrogen-bond acceptors (Lipinski definition) is 4. The summed E-state index contributed by atoms with van der Waals surface area (Å²) in [5.74, 6) is -0.348. The molecule has 0 aliphatic rings.